The Morgan fingerprint density at radius 2 is 1.83 bits per heavy atom. The van der Waals surface area contributed by atoms with Crippen LogP contribution in [0.1, 0.15) is 16.7 Å². The van der Waals surface area contributed by atoms with Gasteiger partial charge >= 0.3 is 0 Å². The quantitative estimate of drug-likeness (QED) is 0.432. The van der Waals surface area contributed by atoms with Gasteiger partial charge in [0.05, 0.1) is 5.69 Å². The summed E-state index contributed by atoms with van der Waals surface area (Å²) < 4.78 is 5.83. The molecule has 3 rings (SSSR count). The minimum Gasteiger partial charge on any atom is -0.489 e. The number of aryl methyl sites for hydroxylation is 1. The first-order chi connectivity index (χ1) is 11.7. The topological polar surface area (TPSA) is 21.6 Å². The predicted octanol–water partition coefficient (Wildman–Crippen LogP) is 5.77. The minimum atomic E-state index is 0.475. The van der Waals surface area contributed by atoms with Gasteiger partial charge in [-0.3, -0.25) is 4.99 Å². The zero-order valence-electron chi connectivity index (χ0n) is 14.1. The van der Waals surface area contributed by atoms with E-state index in [4.69, 9.17) is 9.73 Å². The second kappa shape index (κ2) is 7.14. The molecule has 2 heteroatoms. The van der Waals surface area contributed by atoms with E-state index in [-0.39, 0.29) is 0 Å². The highest BCUT2D eigenvalue weighted by atomic mass is 16.5. The highest BCUT2D eigenvalue weighted by molar-refractivity contribution is 6.03. The van der Waals surface area contributed by atoms with Gasteiger partial charge in [-0.05, 0) is 47.9 Å². The van der Waals surface area contributed by atoms with E-state index in [1.165, 1.54) is 16.5 Å². The van der Waals surface area contributed by atoms with Crippen molar-refractivity contribution in [1.29, 1.82) is 0 Å². The van der Waals surface area contributed by atoms with E-state index in [1.807, 2.05) is 36.5 Å². The monoisotopic (exact) mass is 315 g/mol. The van der Waals surface area contributed by atoms with Gasteiger partial charge in [-0.1, -0.05) is 55.1 Å². The number of rotatable bonds is 5. The molecule has 24 heavy (non-hydrogen) atoms. The Morgan fingerprint density at radius 3 is 2.67 bits per heavy atom. The second-order valence-corrected chi connectivity index (χ2v) is 5.78. The van der Waals surface area contributed by atoms with Gasteiger partial charge in [0.2, 0.25) is 0 Å². The molecule has 120 valence electrons. The van der Waals surface area contributed by atoms with E-state index in [0.29, 0.717) is 6.61 Å². The van der Waals surface area contributed by atoms with E-state index < -0.39 is 0 Å². The minimum absolute atomic E-state index is 0.475. The molecule has 0 N–H and O–H groups in total. The van der Waals surface area contributed by atoms with E-state index >= 15 is 0 Å². The predicted molar refractivity (Wildman–Crippen MR) is 103 cm³/mol. The van der Waals surface area contributed by atoms with Gasteiger partial charge in [-0.25, -0.2) is 0 Å². The third-order valence-electron chi connectivity index (χ3n) is 4.20. The van der Waals surface area contributed by atoms with E-state index in [2.05, 4.69) is 44.7 Å². The van der Waals surface area contributed by atoms with Crippen LogP contribution >= 0.6 is 0 Å². The molecular formula is C22H21NO. The Labute approximate surface area is 143 Å². The molecule has 0 heterocycles. The van der Waals surface area contributed by atoms with Crippen LogP contribution in [0.5, 0.6) is 5.75 Å². The van der Waals surface area contributed by atoms with Crippen LogP contribution in [0.25, 0.3) is 10.8 Å². The summed E-state index contributed by atoms with van der Waals surface area (Å²) in [6.45, 7) is 8.40. The normalized spacial score (nSPS) is 11.1. The van der Waals surface area contributed by atoms with Crippen LogP contribution in [0, 0.1) is 13.8 Å². The Bertz CT molecular complexity index is 909. The molecule has 0 aliphatic carbocycles. The van der Waals surface area contributed by atoms with Gasteiger partial charge < -0.3 is 4.74 Å². The Balaban J connectivity index is 2.10. The second-order valence-electron chi connectivity index (χ2n) is 5.78. The van der Waals surface area contributed by atoms with E-state index in [0.717, 1.165) is 22.4 Å². The van der Waals surface area contributed by atoms with Crippen molar-refractivity contribution in [3.8, 4) is 5.75 Å². The largest absolute Gasteiger partial charge is 0.489 e. The van der Waals surface area contributed by atoms with E-state index in [9.17, 15) is 0 Å². The molecule has 0 radical (unpaired) electrons. The maximum Gasteiger partial charge on any atom is 0.129 e. The Hall–Kier alpha value is -2.87. The number of hydrogen-bond acceptors (Lipinski definition) is 2. The van der Waals surface area contributed by atoms with Crippen molar-refractivity contribution in [3.63, 3.8) is 0 Å². The third-order valence-corrected chi connectivity index (χ3v) is 4.20. The molecule has 0 saturated carbocycles. The van der Waals surface area contributed by atoms with Gasteiger partial charge in [-0.15, -0.1) is 0 Å². The van der Waals surface area contributed by atoms with E-state index in [1.54, 1.807) is 6.08 Å². The number of fused-ring (bicyclic) bond motifs is 1. The highest BCUT2D eigenvalue weighted by Gasteiger charge is 2.07. The molecule has 0 fully saturated rings. The third kappa shape index (κ3) is 3.23. The van der Waals surface area contributed by atoms with Gasteiger partial charge in [-0.2, -0.15) is 0 Å². The summed E-state index contributed by atoms with van der Waals surface area (Å²) in [5, 5.41) is 2.30. The molecule has 3 aromatic rings. The number of nitrogens with zero attached hydrogens (tertiary/aromatic N) is 1. The summed E-state index contributed by atoms with van der Waals surface area (Å²) in [6.07, 6.45) is 3.66. The molecule has 0 aromatic heterocycles. The fraction of sp³-hybridized carbons (Fsp3) is 0.136. The van der Waals surface area contributed by atoms with Crippen molar-refractivity contribution < 1.29 is 4.74 Å². The molecule has 0 saturated heterocycles. The molecule has 0 bridgehead atoms. The van der Waals surface area contributed by atoms with Crippen LogP contribution < -0.4 is 4.74 Å². The lowest BCUT2D eigenvalue weighted by atomic mass is 10.0. The first-order valence-corrected chi connectivity index (χ1v) is 8.06. The summed E-state index contributed by atoms with van der Waals surface area (Å²) in [4.78, 5) is 4.72. The van der Waals surface area contributed by atoms with Crippen LogP contribution in [0.2, 0.25) is 0 Å². The molecule has 0 aliphatic rings. The summed E-state index contributed by atoms with van der Waals surface area (Å²) in [7, 11) is 0. The summed E-state index contributed by atoms with van der Waals surface area (Å²) in [6, 6.07) is 18.5. The van der Waals surface area contributed by atoms with Crippen LogP contribution in [-0.4, -0.2) is 12.8 Å². The molecule has 3 aromatic carbocycles. The zero-order valence-corrected chi connectivity index (χ0v) is 14.1. The molecular weight excluding hydrogens is 294 g/mol. The number of hydrogen-bond donors (Lipinski definition) is 0. The lowest BCUT2D eigenvalue weighted by Gasteiger charge is -2.11. The van der Waals surface area contributed by atoms with Crippen molar-refractivity contribution >= 4 is 22.7 Å². The van der Waals surface area contributed by atoms with Crippen molar-refractivity contribution in [2.45, 2.75) is 13.8 Å². The van der Waals surface area contributed by atoms with Crippen molar-refractivity contribution in [1.82, 2.24) is 0 Å². The molecule has 0 spiro atoms. The standard InChI is InChI=1S/C22H21NO/c1-4-14-24-22-13-12-18-9-5-6-10-19(18)20(22)15-23-21-11-7-8-16(2)17(21)3/h4-13,15H,1,14H2,2-3H3. The molecule has 2 nitrogen and oxygen atoms in total. The van der Waals surface area contributed by atoms with Crippen LogP contribution in [0.3, 0.4) is 0 Å². The molecule has 0 atom stereocenters. The molecule has 0 unspecified atom stereocenters. The first kappa shape index (κ1) is 16.0. The summed E-state index contributed by atoms with van der Waals surface area (Å²) >= 11 is 0. The smallest absolute Gasteiger partial charge is 0.129 e. The van der Waals surface area contributed by atoms with Gasteiger partial charge in [0.1, 0.15) is 12.4 Å². The zero-order chi connectivity index (χ0) is 16.9. The molecule has 0 aliphatic heterocycles. The van der Waals surface area contributed by atoms with Crippen LogP contribution in [0.4, 0.5) is 5.69 Å². The maximum atomic E-state index is 5.83. The summed E-state index contributed by atoms with van der Waals surface area (Å²) in [5.74, 6) is 0.822. The first-order valence-electron chi connectivity index (χ1n) is 8.06. The SMILES string of the molecule is C=CCOc1ccc2ccccc2c1C=Nc1cccc(C)c1C. The lowest BCUT2D eigenvalue weighted by molar-refractivity contribution is 0.363. The average Bonchev–Trinajstić information content (AvgIpc) is 2.61. The number of benzene rings is 3. The van der Waals surface area contributed by atoms with Crippen LogP contribution in [-0.2, 0) is 0 Å². The van der Waals surface area contributed by atoms with Gasteiger partial charge in [0.25, 0.3) is 0 Å². The van der Waals surface area contributed by atoms with Gasteiger partial charge in [0.15, 0.2) is 0 Å². The van der Waals surface area contributed by atoms with Crippen LogP contribution in [0.15, 0.2) is 72.2 Å². The van der Waals surface area contributed by atoms with Crippen molar-refractivity contribution in [2.24, 2.45) is 4.99 Å². The average molecular weight is 315 g/mol. The van der Waals surface area contributed by atoms with Crippen molar-refractivity contribution in [2.75, 3.05) is 6.61 Å². The fourth-order valence-corrected chi connectivity index (χ4v) is 2.69. The Morgan fingerprint density at radius 1 is 1.00 bits per heavy atom. The Kier molecular flexibility index (Phi) is 4.76. The maximum absolute atomic E-state index is 5.83. The summed E-state index contributed by atoms with van der Waals surface area (Å²) in [5.41, 5.74) is 4.42. The number of aliphatic imine (C=N–C) groups is 1. The lowest BCUT2D eigenvalue weighted by Crippen LogP contribution is -1.98. The highest BCUT2D eigenvalue weighted by Crippen LogP contribution is 2.28. The molecule has 0 amide bonds. The number of ether oxygens (including phenoxy) is 1. The van der Waals surface area contributed by atoms with Crippen molar-refractivity contribution in [3.05, 3.63) is 83.9 Å². The fourth-order valence-electron chi connectivity index (χ4n) is 2.69. The van der Waals surface area contributed by atoms with Gasteiger partial charge in [0, 0.05) is 11.8 Å².